The van der Waals surface area contributed by atoms with E-state index in [2.05, 4.69) is 0 Å². The minimum absolute atomic E-state index is 0.0454. The smallest absolute Gasteiger partial charge is 0.193 e. The molecule has 0 bridgehead atoms. The molecule has 3 aromatic rings. The van der Waals surface area contributed by atoms with Crippen LogP contribution in [0.25, 0.3) is 10.8 Å². The Bertz CT molecular complexity index is 849. The highest BCUT2D eigenvalue weighted by molar-refractivity contribution is 6.36. The van der Waals surface area contributed by atoms with Crippen molar-refractivity contribution in [2.24, 2.45) is 0 Å². The van der Waals surface area contributed by atoms with Crippen LogP contribution in [0.1, 0.15) is 27.0 Å². The summed E-state index contributed by atoms with van der Waals surface area (Å²) in [7, 11) is 0. The number of carbonyl (C=O) groups excluding carboxylic acids is 1. The van der Waals surface area contributed by atoms with Gasteiger partial charge >= 0.3 is 0 Å². The summed E-state index contributed by atoms with van der Waals surface area (Å²) < 4.78 is 0. The maximum absolute atomic E-state index is 12.9. The second-order valence-electron chi connectivity index (χ2n) is 5.29. The molecule has 0 spiro atoms. The van der Waals surface area contributed by atoms with Crippen LogP contribution in [0.15, 0.2) is 54.6 Å². The van der Waals surface area contributed by atoms with Gasteiger partial charge in [0.05, 0.1) is 0 Å². The molecule has 0 atom stereocenters. The quantitative estimate of drug-likeness (QED) is 0.583. The summed E-state index contributed by atoms with van der Waals surface area (Å²) in [5, 5.41) is 2.48. The Balaban J connectivity index is 2.23. The predicted molar refractivity (Wildman–Crippen MR) is 88.3 cm³/mol. The lowest BCUT2D eigenvalue weighted by Gasteiger charge is -2.10. The van der Waals surface area contributed by atoms with E-state index in [1.54, 1.807) is 6.07 Å². The number of hydrogen-bond donors (Lipinski definition) is 0. The molecule has 0 N–H and O–H groups in total. The number of carbonyl (C=O) groups is 1. The van der Waals surface area contributed by atoms with Crippen LogP contribution in [0.5, 0.6) is 0 Å². The number of rotatable bonds is 2. The van der Waals surface area contributed by atoms with E-state index in [-0.39, 0.29) is 5.78 Å². The molecule has 0 aromatic heterocycles. The molecule has 0 unspecified atom stereocenters. The molecule has 0 amide bonds. The van der Waals surface area contributed by atoms with Crippen LogP contribution >= 0.6 is 11.6 Å². The van der Waals surface area contributed by atoms with Gasteiger partial charge < -0.3 is 0 Å². The highest BCUT2D eigenvalue weighted by Crippen LogP contribution is 2.28. The fourth-order valence-electron chi connectivity index (χ4n) is 2.59. The zero-order valence-electron chi connectivity index (χ0n) is 12.0. The topological polar surface area (TPSA) is 17.1 Å². The zero-order valence-corrected chi connectivity index (χ0v) is 12.7. The minimum Gasteiger partial charge on any atom is -0.289 e. The van der Waals surface area contributed by atoms with Crippen molar-refractivity contribution in [2.75, 3.05) is 0 Å². The summed E-state index contributed by atoms with van der Waals surface area (Å²) in [5.41, 5.74) is 3.53. The van der Waals surface area contributed by atoms with Crippen LogP contribution in [0.2, 0.25) is 5.02 Å². The number of halogens is 1. The summed E-state index contributed by atoms with van der Waals surface area (Å²) in [6, 6.07) is 17.3. The Morgan fingerprint density at radius 1 is 0.857 bits per heavy atom. The van der Waals surface area contributed by atoms with Gasteiger partial charge in [-0.1, -0.05) is 53.6 Å². The second-order valence-corrected chi connectivity index (χ2v) is 5.70. The molecule has 0 heterocycles. The van der Waals surface area contributed by atoms with E-state index in [0.717, 1.165) is 27.5 Å². The van der Waals surface area contributed by atoms with Crippen molar-refractivity contribution >= 4 is 28.2 Å². The van der Waals surface area contributed by atoms with E-state index >= 15 is 0 Å². The van der Waals surface area contributed by atoms with Crippen LogP contribution in [0.4, 0.5) is 0 Å². The molecule has 0 aliphatic rings. The van der Waals surface area contributed by atoms with Crippen molar-refractivity contribution in [3.8, 4) is 0 Å². The first kappa shape index (κ1) is 13.8. The van der Waals surface area contributed by atoms with Crippen LogP contribution in [-0.4, -0.2) is 5.78 Å². The van der Waals surface area contributed by atoms with E-state index in [1.165, 1.54) is 0 Å². The fourth-order valence-corrected chi connectivity index (χ4v) is 2.81. The SMILES string of the molecule is Cc1ccc(C)c(C(=O)c2ccc(Cl)c3ccccc23)c1. The molecule has 3 aromatic carbocycles. The molecule has 2 heteroatoms. The van der Waals surface area contributed by atoms with Crippen molar-refractivity contribution in [1.82, 2.24) is 0 Å². The number of hydrogen-bond acceptors (Lipinski definition) is 1. The van der Waals surface area contributed by atoms with Crippen LogP contribution in [-0.2, 0) is 0 Å². The van der Waals surface area contributed by atoms with Gasteiger partial charge in [0.1, 0.15) is 0 Å². The molecule has 3 rings (SSSR count). The molecule has 0 aliphatic carbocycles. The van der Waals surface area contributed by atoms with Gasteiger partial charge in [0.2, 0.25) is 0 Å². The number of benzene rings is 3. The Morgan fingerprint density at radius 2 is 1.57 bits per heavy atom. The summed E-state index contributed by atoms with van der Waals surface area (Å²) >= 11 is 6.22. The maximum atomic E-state index is 12.9. The van der Waals surface area contributed by atoms with Crippen molar-refractivity contribution in [3.05, 3.63) is 81.9 Å². The standard InChI is InChI=1S/C19H15ClO/c1-12-7-8-13(2)17(11-12)19(21)16-9-10-18(20)15-6-4-3-5-14(15)16/h3-11H,1-2H3. The lowest BCUT2D eigenvalue weighted by molar-refractivity contribution is 0.103. The first-order chi connectivity index (χ1) is 10.1. The van der Waals surface area contributed by atoms with E-state index in [0.29, 0.717) is 10.6 Å². The van der Waals surface area contributed by atoms with E-state index in [4.69, 9.17) is 11.6 Å². The van der Waals surface area contributed by atoms with Crippen LogP contribution in [0.3, 0.4) is 0 Å². The van der Waals surface area contributed by atoms with Gasteiger partial charge in [0.15, 0.2) is 5.78 Å². The van der Waals surface area contributed by atoms with E-state index in [9.17, 15) is 4.79 Å². The van der Waals surface area contributed by atoms with E-state index in [1.807, 2.05) is 62.4 Å². The monoisotopic (exact) mass is 294 g/mol. The Kier molecular flexibility index (Phi) is 3.52. The van der Waals surface area contributed by atoms with Crippen LogP contribution in [0, 0.1) is 13.8 Å². The summed E-state index contributed by atoms with van der Waals surface area (Å²) in [6.45, 7) is 3.96. The predicted octanol–water partition coefficient (Wildman–Crippen LogP) is 5.34. The van der Waals surface area contributed by atoms with Gasteiger partial charge in [-0.2, -0.15) is 0 Å². The molecule has 104 valence electrons. The first-order valence-electron chi connectivity index (χ1n) is 6.87. The number of fused-ring (bicyclic) bond motifs is 1. The highest BCUT2D eigenvalue weighted by atomic mass is 35.5. The molecule has 1 nitrogen and oxygen atoms in total. The lowest BCUT2D eigenvalue weighted by atomic mass is 9.94. The van der Waals surface area contributed by atoms with Gasteiger partial charge in [-0.25, -0.2) is 0 Å². The van der Waals surface area contributed by atoms with E-state index < -0.39 is 0 Å². The fraction of sp³-hybridized carbons (Fsp3) is 0.105. The van der Waals surface area contributed by atoms with Gasteiger partial charge in [0, 0.05) is 21.5 Å². The third kappa shape index (κ3) is 2.45. The Morgan fingerprint density at radius 3 is 2.33 bits per heavy atom. The molecule has 0 saturated heterocycles. The first-order valence-corrected chi connectivity index (χ1v) is 7.25. The molecule has 0 aliphatic heterocycles. The van der Waals surface area contributed by atoms with Gasteiger partial charge in [-0.15, -0.1) is 0 Å². The van der Waals surface area contributed by atoms with Crippen LogP contribution < -0.4 is 0 Å². The second kappa shape index (κ2) is 5.34. The highest BCUT2D eigenvalue weighted by Gasteiger charge is 2.15. The van der Waals surface area contributed by atoms with Gasteiger partial charge in [-0.3, -0.25) is 4.79 Å². The maximum Gasteiger partial charge on any atom is 0.193 e. The summed E-state index contributed by atoms with van der Waals surface area (Å²) in [4.78, 5) is 12.9. The third-order valence-corrected chi connectivity index (χ3v) is 4.08. The van der Waals surface area contributed by atoms with Crippen molar-refractivity contribution < 1.29 is 4.79 Å². The third-order valence-electron chi connectivity index (χ3n) is 3.75. The minimum atomic E-state index is 0.0454. The van der Waals surface area contributed by atoms with Crippen molar-refractivity contribution in [1.29, 1.82) is 0 Å². The Hall–Kier alpha value is -2.12. The number of aryl methyl sites for hydroxylation is 2. The molecule has 0 radical (unpaired) electrons. The molecular formula is C19H15ClO. The average molecular weight is 295 g/mol. The van der Waals surface area contributed by atoms with Gasteiger partial charge in [-0.05, 0) is 43.0 Å². The largest absolute Gasteiger partial charge is 0.289 e. The zero-order chi connectivity index (χ0) is 15.0. The van der Waals surface area contributed by atoms with Gasteiger partial charge in [0.25, 0.3) is 0 Å². The number of ketones is 1. The van der Waals surface area contributed by atoms with Crippen molar-refractivity contribution in [2.45, 2.75) is 13.8 Å². The Labute approximate surface area is 129 Å². The average Bonchev–Trinajstić information content (AvgIpc) is 2.50. The molecule has 21 heavy (non-hydrogen) atoms. The summed E-state index contributed by atoms with van der Waals surface area (Å²) in [5.74, 6) is 0.0454. The van der Waals surface area contributed by atoms with Crippen molar-refractivity contribution in [3.63, 3.8) is 0 Å². The normalized spacial score (nSPS) is 10.8. The molecule has 0 saturated carbocycles. The lowest BCUT2D eigenvalue weighted by Crippen LogP contribution is -2.05. The molecule has 0 fully saturated rings. The molecular weight excluding hydrogens is 280 g/mol. The summed E-state index contributed by atoms with van der Waals surface area (Å²) in [6.07, 6.45) is 0.